The van der Waals surface area contributed by atoms with E-state index in [0.717, 1.165) is 6.42 Å². The Morgan fingerprint density at radius 1 is 1.29 bits per heavy atom. The van der Waals surface area contributed by atoms with Crippen molar-refractivity contribution in [3.8, 4) is 0 Å². The van der Waals surface area contributed by atoms with Gasteiger partial charge in [0.05, 0.1) is 11.0 Å². The molecule has 0 saturated carbocycles. The van der Waals surface area contributed by atoms with Crippen LogP contribution in [0.25, 0.3) is 0 Å². The summed E-state index contributed by atoms with van der Waals surface area (Å²) >= 11 is 0. The molecule has 0 bridgehead atoms. The smallest absolute Gasteiger partial charge is 0.292 e. The second-order valence-electron chi connectivity index (χ2n) is 7.82. The maximum absolute atomic E-state index is 11.3. The standard InChI is InChI=1S/C17H28N2O4Si/c1-17(2,3)24(5,6)23-13-11-16(22-4)18(12-13)14-9-7-8-10-15(14)19(20)21/h7-10,13,16H,11-12H2,1-6H3. The molecule has 1 aliphatic heterocycles. The van der Waals surface area contributed by atoms with Gasteiger partial charge in [-0.1, -0.05) is 32.9 Å². The van der Waals surface area contributed by atoms with Crippen molar-refractivity contribution in [2.45, 2.75) is 57.7 Å². The van der Waals surface area contributed by atoms with Gasteiger partial charge in [0.1, 0.15) is 11.9 Å². The maximum atomic E-state index is 11.3. The summed E-state index contributed by atoms with van der Waals surface area (Å²) in [5.41, 5.74) is 0.697. The molecule has 7 heteroatoms. The van der Waals surface area contributed by atoms with E-state index in [0.29, 0.717) is 12.2 Å². The number of benzene rings is 1. The Morgan fingerprint density at radius 3 is 2.46 bits per heavy atom. The minimum absolute atomic E-state index is 0.0238. The van der Waals surface area contributed by atoms with Crippen LogP contribution in [-0.2, 0) is 9.16 Å². The number of rotatable bonds is 5. The monoisotopic (exact) mass is 352 g/mol. The van der Waals surface area contributed by atoms with Crippen LogP contribution >= 0.6 is 0 Å². The predicted molar refractivity (Wildman–Crippen MR) is 97.9 cm³/mol. The summed E-state index contributed by atoms with van der Waals surface area (Å²) in [4.78, 5) is 12.9. The van der Waals surface area contributed by atoms with Crippen LogP contribution in [0.15, 0.2) is 24.3 Å². The first-order valence-electron chi connectivity index (χ1n) is 8.27. The lowest BCUT2D eigenvalue weighted by atomic mass is 10.2. The summed E-state index contributed by atoms with van der Waals surface area (Å²) in [5, 5.41) is 11.5. The lowest BCUT2D eigenvalue weighted by Crippen LogP contribution is -2.44. The first-order valence-corrected chi connectivity index (χ1v) is 11.2. The van der Waals surface area contributed by atoms with Crippen molar-refractivity contribution in [2.24, 2.45) is 0 Å². The molecule has 0 aromatic heterocycles. The molecule has 24 heavy (non-hydrogen) atoms. The fourth-order valence-electron chi connectivity index (χ4n) is 2.78. The van der Waals surface area contributed by atoms with E-state index < -0.39 is 8.32 Å². The molecule has 2 unspecified atom stereocenters. The molecule has 0 N–H and O–H groups in total. The number of nitro benzene ring substituents is 1. The third kappa shape index (κ3) is 3.79. The Balaban J connectivity index is 2.23. The van der Waals surface area contributed by atoms with Gasteiger partial charge in [0, 0.05) is 26.1 Å². The van der Waals surface area contributed by atoms with E-state index in [9.17, 15) is 10.1 Å². The van der Waals surface area contributed by atoms with Crippen LogP contribution < -0.4 is 4.90 Å². The number of hydrogen-bond donors (Lipinski definition) is 0. The normalized spacial score (nSPS) is 22.0. The highest BCUT2D eigenvalue weighted by Crippen LogP contribution is 2.40. The average Bonchev–Trinajstić information content (AvgIpc) is 2.88. The second-order valence-corrected chi connectivity index (χ2v) is 12.6. The van der Waals surface area contributed by atoms with Crippen molar-refractivity contribution in [1.82, 2.24) is 0 Å². The van der Waals surface area contributed by atoms with Gasteiger partial charge in [-0.2, -0.15) is 0 Å². The molecular formula is C17H28N2O4Si. The summed E-state index contributed by atoms with van der Waals surface area (Å²) in [7, 11) is -0.254. The van der Waals surface area contributed by atoms with E-state index in [2.05, 4.69) is 33.9 Å². The van der Waals surface area contributed by atoms with E-state index in [-0.39, 0.29) is 28.0 Å². The van der Waals surface area contributed by atoms with Crippen LogP contribution in [0.2, 0.25) is 18.1 Å². The van der Waals surface area contributed by atoms with E-state index in [1.165, 1.54) is 6.07 Å². The molecule has 1 aliphatic rings. The zero-order valence-corrected chi connectivity index (χ0v) is 16.4. The second kappa shape index (κ2) is 6.82. The van der Waals surface area contributed by atoms with Crippen LogP contribution in [0.4, 0.5) is 11.4 Å². The Labute approximate surface area is 145 Å². The van der Waals surface area contributed by atoms with Crippen LogP contribution in [-0.4, -0.2) is 39.2 Å². The van der Waals surface area contributed by atoms with Crippen molar-refractivity contribution in [1.29, 1.82) is 0 Å². The fraction of sp³-hybridized carbons (Fsp3) is 0.647. The number of hydrogen-bond acceptors (Lipinski definition) is 5. The van der Waals surface area contributed by atoms with Gasteiger partial charge in [-0.3, -0.25) is 10.1 Å². The molecule has 2 rings (SSSR count). The Bertz CT molecular complexity index is 600. The zero-order chi connectivity index (χ0) is 18.1. The minimum atomic E-state index is -1.89. The van der Waals surface area contributed by atoms with Gasteiger partial charge < -0.3 is 14.1 Å². The van der Waals surface area contributed by atoms with Crippen LogP contribution in [0.5, 0.6) is 0 Å². The first kappa shape index (κ1) is 18.9. The molecule has 1 heterocycles. The molecule has 1 aromatic rings. The van der Waals surface area contributed by atoms with E-state index >= 15 is 0 Å². The molecule has 1 fully saturated rings. The minimum Gasteiger partial charge on any atom is -0.412 e. The maximum Gasteiger partial charge on any atom is 0.292 e. The highest BCUT2D eigenvalue weighted by atomic mass is 28.4. The third-order valence-corrected chi connectivity index (χ3v) is 9.67. The van der Waals surface area contributed by atoms with Gasteiger partial charge in [0.25, 0.3) is 5.69 Å². The topological polar surface area (TPSA) is 64.8 Å². The molecule has 1 saturated heterocycles. The van der Waals surface area contributed by atoms with E-state index in [1.807, 2.05) is 11.0 Å². The summed E-state index contributed by atoms with van der Waals surface area (Å²) < 4.78 is 12.1. The summed E-state index contributed by atoms with van der Waals surface area (Å²) in [6.07, 6.45) is 0.534. The van der Waals surface area contributed by atoms with Gasteiger partial charge in [0.15, 0.2) is 8.32 Å². The quantitative estimate of drug-likeness (QED) is 0.452. The number of nitro groups is 1. The molecule has 0 spiro atoms. The first-order chi connectivity index (χ1) is 11.1. The predicted octanol–water partition coefficient (Wildman–Crippen LogP) is 4.17. The van der Waals surface area contributed by atoms with Gasteiger partial charge in [-0.25, -0.2) is 0 Å². The largest absolute Gasteiger partial charge is 0.412 e. The van der Waals surface area contributed by atoms with Crippen molar-refractivity contribution >= 4 is 19.7 Å². The van der Waals surface area contributed by atoms with E-state index in [4.69, 9.17) is 9.16 Å². The summed E-state index contributed by atoms with van der Waals surface area (Å²) in [6, 6.07) is 6.81. The molecule has 134 valence electrons. The highest BCUT2D eigenvalue weighted by molar-refractivity contribution is 6.74. The van der Waals surface area contributed by atoms with Gasteiger partial charge in [0.2, 0.25) is 0 Å². The Kier molecular flexibility index (Phi) is 5.36. The van der Waals surface area contributed by atoms with Crippen molar-refractivity contribution in [2.75, 3.05) is 18.6 Å². The molecular weight excluding hydrogens is 324 g/mol. The average molecular weight is 353 g/mol. The SMILES string of the molecule is COC1CC(O[Si](C)(C)C(C)(C)C)CN1c1ccccc1[N+](=O)[O-]. The molecule has 2 atom stereocenters. The molecule has 1 aromatic carbocycles. The number of ether oxygens (including phenoxy) is 1. The molecule has 0 aliphatic carbocycles. The fourth-order valence-corrected chi connectivity index (χ4v) is 4.14. The Hall–Kier alpha value is -1.44. The van der Waals surface area contributed by atoms with Gasteiger partial charge in [-0.15, -0.1) is 0 Å². The van der Waals surface area contributed by atoms with Gasteiger partial charge >= 0.3 is 0 Å². The number of anilines is 1. The van der Waals surface area contributed by atoms with Crippen LogP contribution in [0, 0.1) is 10.1 Å². The lowest BCUT2D eigenvalue weighted by molar-refractivity contribution is -0.384. The summed E-state index contributed by atoms with van der Waals surface area (Å²) in [5.74, 6) is 0. The van der Waals surface area contributed by atoms with Crippen LogP contribution in [0.1, 0.15) is 27.2 Å². The molecule has 0 amide bonds. The highest BCUT2D eigenvalue weighted by Gasteiger charge is 2.43. The van der Waals surface area contributed by atoms with Crippen LogP contribution in [0.3, 0.4) is 0 Å². The third-order valence-electron chi connectivity index (χ3n) is 5.14. The van der Waals surface area contributed by atoms with E-state index in [1.54, 1.807) is 19.2 Å². The number of nitrogens with zero attached hydrogens (tertiary/aromatic N) is 2. The number of methoxy groups -OCH3 is 1. The van der Waals surface area contributed by atoms with Crippen molar-refractivity contribution in [3.05, 3.63) is 34.4 Å². The molecule has 0 radical (unpaired) electrons. The van der Waals surface area contributed by atoms with Crippen molar-refractivity contribution < 1.29 is 14.1 Å². The number of para-hydroxylation sites is 2. The Morgan fingerprint density at radius 2 is 1.92 bits per heavy atom. The van der Waals surface area contributed by atoms with Crippen molar-refractivity contribution in [3.63, 3.8) is 0 Å². The molecule has 6 nitrogen and oxygen atoms in total. The summed E-state index contributed by atoms with van der Waals surface area (Å²) in [6.45, 7) is 11.7. The lowest BCUT2D eigenvalue weighted by Gasteiger charge is -2.38. The zero-order valence-electron chi connectivity index (χ0n) is 15.4. The van der Waals surface area contributed by atoms with Gasteiger partial charge in [-0.05, 0) is 24.2 Å².